The van der Waals surface area contributed by atoms with Gasteiger partial charge < -0.3 is 10.2 Å². The second kappa shape index (κ2) is 6.33. The van der Waals surface area contributed by atoms with E-state index in [9.17, 15) is 4.79 Å². The molecule has 1 aromatic heterocycles. The third-order valence-electron chi connectivity index (χ3n) is 2.84. The largest absolute Gasteiger partial charge is 0.359 e. The Morgan fingerprint density at radius 2 is 2.11 bits per heavy atom. The average Bonchev–Trinajstić information content (AvgIpc) is 2.35. The number of rotatable bonds is 5. The molecule has 1 unspecified atom stereocenters. The molecule has 1 amide bonds. The maximum atomic E-state index is 11.9. The number of nitrogens with one attached hydrogen (secondary N) is 1. The first-order valence-electron chi connectivity index (χ1n) is 6.34. The van der Waals surface area contributed by atoms with Crippen LogP contribution in [0.1, 0.15) is 32.3 Å². The number of nitrogens with zero attached hydrogens (tertiary/aromatic N) is 3. The van der Waals surface area contributed by atoms with Gasteiger partial charge >= 0.3 is 0 Å². The van der Waals surface area contributed by atoms with E-state index in [4.69, 9.17) is 0 Å². The Labute approximate surface area is 109 Å². The van der Waals surface area contributed by atoms with Crippen molar-refractivity contribution in [2.45, 2.75) is 40.2 Å². The molecule has 1 atom stereocenters. The monoisotopic (exact) mass is 250 g/mol. The van der Waals surface area contributed by atoms with Crippen LogP contribution in [0, 0.1) is 6.92 Å². The second-order valence-corrected chi connectivity index (χ2v) is 4.36. The third kappa shape index (κ3) is 3.68. The van der Waals surface area contributed by atoms with Crippen molar-refractivity contribution in [3.8, 4) is 0 Å². The molecule has 0 saturated heterocycles. The van der Waals surface area contributed by atoms with Crippen molar-refractivity contribution < 1.29 is 4.79 Å². The molecule has 5 heteroatoms. The van der Waals surface area contributed by atoms with Gasteiger partial charge in [-0.25, -0.2) is 9.97 Å². The predicted octanol–water partition coefficient (Wildman–Crippen LogP) is 1.63. The molecule has 1 rings (SSSR count). The number of anilines is 1. The number of aryl methyl sites for hydroxylation is 2. The van der Waals surface area contributed by atoms with E-state index in [2.05, 4.69) is 15.3 Å². The molecule has 0 saturated carbocycles. The molecule has 0 radical (unpaired) electrons. The predicted molar refractivity (Wildman–Crippen MR) is 72.5 cm³/mol. The number of carbonyl (C=O) groups excluding carboxylic acids is 1. The quantitative estimate of drug-likeness (QED) is 0.863. The fourth-order valence-corrected chi connectivity index (χ4v) is 1.65. The summed E-state index contributed by atoms with van der Waals surface area (Å²) in [5.41, 5.74) is 0.980. The fourth-order valence-electron chi connectivity index (χ4n) is 1.65. The van der Waals surface area contributed by atoms with Gasteiger partial charge in [0.2, 0.25) is 5.91 Å². The molecule has 0 aliphatic carbocycles. The van der Waals surface area contributed by atoms with Gasteiger partial charge in [-0.3, -0.25) is 4.79 Å². The maximum Gasteiger partial charge on any atom is 0.244 e. The van der Waals surface area contributed by atoms with Crippen molar-refractivity contribution >= 4 is 11.7 Å². The van der Waals surface area contributed by atoms with Gasteiger partial charge in [0, 0.05) is 25.4 Å². The summed E-state index contributed by atoms with van der Waals surface area (Å²) in [5, 5.41) is 3.13. The number of amides is 1. The highest BCUT2D eigenvalue weighted by Gasteiger charge is 2.16. The summed E-state index contributed by atoms with van der Waals surface area (Å²) in [4.78, 5) is 22.2. The van der Waals surface area contributed by atoms with Crippen LogP contribution < -0.4 is 5.32 Å². The number of aromatic nitrogens is 2. The van der Waals surface area contributed by atoms with Crippen LogP contribution in [0.2, 0.25) is 0 Å². The van der Waals surface area contributed by atoms with Crippen molar-refractivity contribution in [2.24, 2.45) is 0 Å². The highest BCUT2D eigenvalue weighted by molar-refractivity contribution is 5.83. The molecule has 18 heavy (non-hydrogen) atoms. The SMILES string of the molecule is CCc1cc(NC(C)C(=O)N(C)CC)nc(C)n1. The van der Waals surface area contributed by atoms with Gasteiger partial charge in [-0.2, -0.15) is 0 Å². The van der Waals surface area contributed by atoms with Gasteiger partial charge in [0.1, 0.15) is 17.7 Å². The summed E-state index contributed by atoms with van der Waals surface area (Å²) in [7, 11) is 1.79. The van der Waals surface area contributed by atoms with Crippen LogP contribution in [0.25, 0.3) is 0 Å². The first-order chi connectivity index (χ1) is 8.47. The minimum absolute atomic E-state index is 0.0619. The van der Waals surface area contributed by atoms with E-state index < -0.39 is 0 Å². The molecular formula is C13H22N4O. The molecule has 0 aliphatic heterocycles. The van der Waals surface area contributed by atoms with E-state index in [1.54, 1.807) is 11.9 Å². The molecule has 0 bridgehead atoms. The van der Waals surface area contributed by atoms with E-state index in [0.29, 0.717) is 12.4 Å². The van der Waals surface area contributed by atoms with Crippen LogP contribution in [0.15, 0.2) is 6.07 Å². The first-order valence-corrected chi connectivity index (χ1v) is 6.34. The summed E-state index contributed by atoms with van der Waals surface area (Å²) >= 11 is 0. The van der Waals surface area contributed by atoms with Gasteiger partial charge in [-0.1, -0.05) is 6.92 Å². The molecule has 1 heterocycles. The summed E-state index contributed by atoms with van der Waals surface area (Å²) in [6.07, 6.45) is 0.856. The van der Waals surface area contributed by atoms with E-state index in [0.717, 1.165) is 17.9 Å². The van der Waals surface area contributed by atoms with E-state index in [-0.39, 0.29) is 11.9 Å². The molecule has 0 aromatic carbocycles. The van der Waals surface area contributed by atoms with Crippen LogP contribution in [-0.2, 0) is 11.2 Å². The van der Waals surface area contributed by atoms with Crippen LogP contribution in [-0.4, -0.2) is 40.4 Å². The van der Waals surface area contributed by atoms with Gasteiger partial charge in [-0.05, 0) is 27.2 Å². The van der Waals surface area contributed by atoms with Gasteiger partial charge in [0.05, 0.1) is 0 Å². The zero-order chi connectivity index (χ0) is 13.7. The third-order valence-corrected chi connectivity index (χ3v) is 2.84. The number of hydrogen-bond donors (Lipinski definition) is 1. The summed E-state index contributed by atoms with van der Waals surface area (Å²) in [6, 6.07) is 1.61. The van der Waals surface area contributed by atoms with Crippen LogP contribution in [0.4, 0.5) is 5.82 Å². The molecule has 1 N–H and O–H groups in total. The number of carbonyl (C=O) groups is 1. The Hall–Kier alpha value is -1.65. The minimum atomic E-state index is -0.283. The van der Waals surface area contributed by atoms with Crippen LogP contribution in [0.3, 0.4) is 0 Å². The Morgan fingerprint density at radius 3 is 2.67 bits per heavy atom. The summed E-state index contributed by atoms with van der Waals surface area (Å²) in [6.45, 7) is 8.40. The smallest absolute Gasteiger partial charge is 0.244 e. The number of likely N-dealkylation sites (N-methyl/N-ethyl adjacent to an activating group) is 1. The Bertz CT molecular complexity index is 419. The fraction of sp³-hybridized carbons (Fsp3) is 0.615. The maximum absolute atomic E-state index is 11.9. The first kappa shape index (κ1) is 14.4. The molecule has 5 nitrogen and oxygen atoms in total. The van der Waals surface area contributed by atoms with E-state index in [1.165, 1.54) is 0 Å². The van der Waals surface area contributed by atoms with Crippen molar-refractivity contribution in [3.05, 3.63) is 17.6 Å². The zero-order valence-corrected chi connectivity index (χ0v) is 11.8. The van der Waals surface area contributed by atoms with Crippen molar-refractivity contribution in [1.82, 2.24) is 14.9 Å². The lowest BCUT2D eigenvalue weighted by Crippen LogP contribution is -2.39. The van der Waals surface area contributed by atoms with Crippen molar-refractivity contribution in [3.63, 3.8) is 0 Å². The van der Waals surface area contributed by atoms with Gasteiger partial charge in [-0.15, -0.1) is 0 Å². The lowest BCUT2D eigenvalue weighted by Gasteiger charge is -2.21. The Balaban J connectivity index is 2.78. The summed E-state index contributed by atoms with van der Waals surface area (Å²) in [5.74, 6) is 1.50. The average molecular weight is 250 g/mol. The standard InChI is InChI=1S/C13H22N4O/c1-6-11-8-12(16-10(4)15-11)14-9(3)13(18)17(5)7-2/h8-9H,6-7H2,1-5H3,(H,14,15,16). The van der Waals surface area contributed by atoms with Crippen LogP contribution >= 0.6 is 0 Å². The normalized spacial score (nSPS) is 12.1. The van der Waals surface area contributed by atoms with E-state index >= 15 is 0 Å². The van der Waals surface area contributed by atoms with Gasteiger partial charge in [0.15, 0.2) is 0 Å². The van der Waals surface area contributed by atoms with Gasteiger partial charge in [0.25, 0.3) is 0 Å². The topological polar surface area (TPSA) is 58.1 Å². The molecule has 0 fully saturated rings. The molecule has 0 spiro atoms. The van der Waals surface area contributed by atoms with E-state index in [1.807, 2.05) is 33.8 Å². The molecule has 0 aliphatic rings. The highest BCUT2D eigenvalue weighted by Crippen LogP contribution is 2.09. The lowest BCUT2D eigenvalue weighted by molar-refractivity contribution is -0.130. The minimum Gasteiger partial charge on any atom is -0.359 e. The molecular weight excluding hydrogens is 228 g/mol. The second-order valence-electron chi connectivity index (χ2n) is 4.36. The highest BCUT2D eigenvalue weighted by atomic mass is 16.2. The molecule has 100 valence electrons. The number of hydrogen-bond acceptors (Lipinski definition) is 4. The van der Waals surface area contributed by atoms with Crippen molar-refractivity contribution in [2.75, 3.05) is 18.9 Å². The Morgan fingerprint density at radius 1 is 1.44 bits per heavy atom. The zero-order valence-electron chi connectivity index (χ0n) is 11.8. The summed E-state index contributed by atoms with van der Waals surface area (Å²) < 4.78 is 0. The van der Waals surface area contributed by atoms with Crippen LogP contribution in [0.5, 0.6) is 0 Å². The molecule has 1 aromatic rings. The lowest BCUT2D eigenvalue weighted by atomic mass is 10.2. The van der Waals surface area contributed by atoms with Crippen molar-refractivity contribution in [1.29, 1.82) is 0 Å². The Kier molecular flexibility index (Phi) is 5.07.